The number of carbonyl (C=O) groups excluding carboxylic acids is 1. The molecular formula is C19H32N4O3S2. The molecular weight excluding hydrogens is 396 g/mol. The van der Waals surface area contributed by atoms with E-state index in [-0.39, 0.29) is 17.7 Å². The number of imidazole rings is 1. The van der Waals surface area contributed by atoms with Gasteiger partial charge in [0.1, 0.15) is 0 Å². The Kier molecular flexibility index (Phi) is 7.09. The molecule has 2 aliphatic heterocycles. The van der Waals surface area contributed by atoms with Crippen molar-refractivity contribution in [2.24, 2.45) is 0 Å². The van der Waals surface area contributed by atoms with Crippen molar-refractivity contribution in [2.75, 3.05) is 43.4 Å². The summed E-state index contributed by atoms with van der Waals surface area (Å²) >= 11 is 1.53. The third-order valence-electron chi connectivity index (χ3n) is 5.87. The zero-order valence-electron chi connectivity index (χ0n) is 17.2. The number of piperazine rings is 1. The molecule has 28 heavy (non-hydrogen) atoms. The fourth-order valence-corrected chi connectivity index (χ4v) is 6.71. The van der Waals surface area contributed by atoms with Crippen molar-refractivity contribution in [3.63, 3.8) is 0 Å². The number of carbonyl (C=O) groups is 1. The molecule has 0 N–H and O–H groups in total. The van der Waals surface area contributed by atoms with Gasteiger partial charge in [0.25, 0.3) is 0 Å². The van der Waals surface area contributed by atoms with Crippen LogP contribution in [0.25, 0.3) is 0 Å². The molecule has 158 valence electrons. The smallest absolute Gasteiger partial charge is 0.233 e. The van der Waals surface area contributed by atoms with E-state index >= 15 is 0 Å². The Hall–Kier alpha value is -1.06. The van der Waals surface area contributed by atoms with Crippen LogP contribution in [0.1, 0.15) is 37.6 Å². The summed E-state index contributed by atoms with van der Waals surface area (Å²) in [5, 5.41) is 0.937. The van der Waals surface area contributed by atoms with Gasteiger partial charge >= 0.3 is 0 Å². The van der Waals surface area contributed by atoms with E-state index in [4.69, 9.17) is 0 Å². The number of hydrogen-bond acceptors (Lipinski definition) is 6. The first-order valence-corrected chi connectivity index (χ1v) is 13.0. The fourth-order valence-electron chi connectivity index (χ4n) is 3.93. The van der Waals surface area contributed by atoms with Crippen LogP contribution in [0.15, 0.2) is 5.16 Å². The van der Waals surface area contributed by atoms with Crippen LogP contribution in [-0.2, 0) is 21.2 Å². The van der Waals surface area contributed by atoms with Crippen molar-refractivity contribution >= 4 is 27.5 Å². The minimum atomic E-state index is -2.86. The van der Waals surface area contributed by atoms with E-state index in [9.17, 15) is 13.2 Å². The highest BCUT2D eigenvalue weighted by Gasteiger charge is 2.34. The van der Waals surface area contributed by atoms with Crippen molar-refractivity contribution in [3.8, 4) is 0 Å². The molecule has 0 saturated carbocycles. The van der Waals surface area contributed by atoms with Crippen LogP contribution < -0.4 is 0 Å². The largest absolute Gasteiger partial charge is 0.339 e. The van der Waals surface area contributed by atoms with Crippen LogP contribution in [0, 0.1) is 13.8 Å². The fraction of sp³-hybridized carbons (Fsp3) is 0.789. The summed E-state index contributed by atoms with van der Waals surface area (Å²) in [7, 11) is -2.86. The number of thioether (sulfide) groups is 1. The first-order valence-electron chi connectivity index (χ1n) is 10.2. The molecule has 1 unspecified atom stereocenters. The minimum absolute atomic E-state index is 0.133. The van der Waals surface area contributed by atoms with Gasteiger partial charge in [0.05, 0.1) is 23.0 Å². The molecule has 0 aromatic carbocycles. The molecule has 2 fully saturated rings. The normalized spacial score (nSPS) is 22.7. The molecule has 1 aromatic rings. The summed E-state index contributed by atoms with van der Waals surface area (Å²) in [6, 6.07) is 0.133. The van der Waals surface area contributed by atoms with Gasteiger partial charge in [-0.2, -0.15) is 0 Å². The summed E-state index contributed by atoms with van der Waals surface area (Å²) in [5.74, 6) is 1.12. The predicted octanol–water partition coefficient (Wildman–Crippen LogP) is 1.72. The van der Waals surface area contributed by atoms with Crippen molar-refractivity contribution in [1.29, 1.82) is 0 Å². The molecule has 0 radical (unpaired) electrons. The number of amides is 1. The van der Waals surface area contributed by atoms with Gasteiger partial charge in [0, 0.05) is 44.5 Å². The first-order chi connectivity index (χ1) is 13.3. The molecule has 2 saturated heterocycles. The van der Waals surface area contributed by atoms with Gasteiger partial charge in [0.2, 0.25) is 5.91 Å². The zero-order chi connectivity index (χ0) is 20.3. The Morgan fingerprint density at radius 2 is 1.93 bits per heavy atom. The molecule has 0 spiro atoms. The Morgan fingerprint density at radius 1 is 1.21 bits per heavy atom. The number of sulfone groups is 1. The lowest BCUT2D eigenvalue weighted by Crippen LogP contribution is -2.52. The number of aromatic nitrogens is 2. The third kappa shape index (κ3) is 5.10. The highest BCUT2D eigenvalue weighted by molar-refractivity contribution is 7.99. The van der Waals surface area contributed by atoms with Crippen molar-refractivity contribution in [1.82, 2.24) is 19.4 Å². The molecule has 3 heterocycles. The molecule has 1 amide bonds. The Balaban J connectivity index is 1.49. The molecule has 1 atom stereocenters. The predicted molar refractivity (Wildman–Crippen MR) is 113 cm³/mol. The lowest BCUT2D eigenvalue weighted by atomic mass is 10.2. The van der Waals surface area contributed by atoms with Crippen molar-refractivity contribution < 1.29 is 13.2 Å². The van der Waals surface area contributed by atoms with Crippen LogP contribution >= 0.6 is 11.8 Å². The average molecular weight is 429 g/mol. The van der Waals surface area contributed by atoms with Crippen molar-refractivity contribution in [2.45, 2.75) is 57.8 Å². The highest BCUT2D eigenvalue weighted by atomic mass is 32.2. The number of aryl methyl sites for hydroxylation is 1. The van der Waals surface area contributed by atoms with E-state index in [2.05, 4.69) is 28.3 Å². The second kappa shape index (κ2) is 9.17. The van der Waals surface area contributed by atoms with E-state index in [0.717, 1.165) is 49.7 Å². The summed E-state index contributed by atoms with van der Waals surface area (Å²) in [4.78, 5) is 21.5. The van der Waals surface area contributed by atoms with Gasteiger partial charge in [-0.1, -0.05) is 25.1 Å². The Morgan fingerprint density at radius 3 is 2.54 bits per heavy atom. The molecule has 0 aliphatic carbocycles. The summed E-state index contributed by atoms with van der Waals surface area (Å²) in [6.45, 7) is 10.1. The number of unbranched alkanes of at least 4 members (excludes halogenated alkanes) is 1. The van der Waals surface area contributed by atoms with E-state index in [1.807, 2.05) is 11.8 Å². The Bertz CT molecular complexity index is 798. The van der Waals surface area contributed by atoms with Crippen LogP contribution in [-0.4, -0.2) is 83.2 Å². The van der Waals surface area contributed by atoms with Crippen molar-refractivity contribution in [3.05, 3.63) is 11.4 Å². The van der Waals surface area contributed by atoms with Gasteiger partial charge < -0.3 is 9.47 Å². The van der Waals surface area contributed by atoms with Gasteiger partial charge in [0.15, 0.2) is 15.0 Å². The first kappa shape index (κ1) is 21.6. The second-order valence-corrected chi connectivity index (χ2v) is 11.0. The van der Waals surface area contributed by atoms with Gasteiger partial charge in [-0.05, 0) is 26.7 Å². The van der Waals surface area contributed by atoms with E-state index < -0.39 is 9.84 Å². The molecule has 7 nitrogen and oxygen atoms in total. The number of hydrogen-bond donors (Lipinski definition) is 0. The number of nitrogens with zero attached hydrogens (tertiary/aromatic N) is 4. The monoisotopic (exact) mass is 428 g/mol. The molecule has 3 rings (SSSR count). The van der Waals surface area contributed by atoms with E-state index in [0.29, 0.717) is 24.6 Å². The van der Waals surface area contributed by atoms with Gasteiger partial charge in [-0.25, -0.2) is 13.4 Å². The van der Waals surface area contributed by atoms with E-state index in [1.54, 1.807) is 0 Å². The summed E-state index contributed by atoms with van der Waals surface area (Å²) in [6.07, 6.45) is 2.97. The van der Waals surface area contributed by atoms with Gasteiger partial charge in [-0.3, -0.25) is 9.69 Å². The minimum Gasteiger partial charge on any atom is -0.339 e. The quantitative estimate of drug-likeness (QED) is 0.616. The van der Waals surface area contributed by atoms with Crippen LogP contribution in [0.5, 0.6) is 0 Å². The lowest BCUT2D eigenvalue weighted by Gasteiger charge is -2.37. The second-order valence-electron chi connectivity index (χ2n) is 7.83. The van der Waals surface area contributed by atoms with Gasteiger partial charge in [-0.15, -0.1) is 0 Å². The lowest BCUT2D eigenvalue weighted by molar-refractivity contribution is -0.130. The molecule has 1 aromatic heterocycles. The molecule has 0 bridgehead atoms. The topological polar surface area (TPSA) is 75.5 Å². The maximum atomic E-state index is 12.7. The van der Waals surface area contributed by atoms with E-state index in [1.165, 1.54) is 17.5 Å². The SMILES string of the molecule is CCCCn1c(SCC(=O)N2CCN(C3CCS(=O)(=O)C3)CC2)nc(C)c1C. The third-order valence-corrected chi connectivity index (χ3v) is 8.59. The maximum Gasteiger partial charge on any atom is 0.233 e. The summed E-state index contributed by atoms with van der Waals surface area (Å²) in [5.41, 5.74) is 2.22. The molecule has 9 heteroatoms. The highest BCUT2D eigenvalue weighted by Crippen LogP contribution is 2.23. The average Bonchev–Trinajstić information content (AvgIpc) is 3.17. The Labute approximate surface area is 172 Å². The molecule has 2 aliphatic rings. The van der Waals surface area contributed by atoms with Crippen LogP contribution in [0.3, 0.4) is 0 Å². The van der Waals surface area contributed by atoms with Crippen LogP contribution in [0.4, 0.5) is 0 Å². The van der Waals surface area contributed by atoms with Crippen LogP contribution in [0.2, 0.25) is 0 Å². The summed E-state index contributed by atoms with van der Waals surface area (Å²) < 4.78 is 25.6. The number of rotatable bonds is 7. The maximum absolute atomic E-state index is 12.7. The standard InChI is InChI=1S/C19H32N4O3S2/c1-4-5-7-23-16(3)15(2)20-19(23)27-13-18(24)22-10-8-21(9-11-22)17-6-12-28(25,26)14-17/h17H,4-14H2,1-3H3. The zero-order valence-corrected chi connectivity index (χ0v) is 18.8.